The second kappa shape index (κ2) is 11.1. The molecule has 1 amide bonds. The number of thioether (sulfide) groups is 1. The van der Waals surface area contributed by atoms with Crippen molar-refractivity contribution in [2.75, 3.05) is 11.1 Å². The number of benzene rings is 3. The number of aryl methyl sites for hydroxylation is 2. The molecule has 1 heterocycles. The maximum atomic E-state index is 14.5. The molecule has 3 aromatic carbocycles. The van der Waals surface area contributed by atoms with Crippen LogP contribution in [0, 0.1) is 19.7 Å². The molecule has 0 radical (unpaired) electrons. The fourth-order valence-electron chi connectivity index (χ4n) is 3.76. The Morgan fingerprint density at radius 2 is 1.65 bits per heavy atom. The summed E-state index contributed by atoms with van der Waals surface area (Å²) in [6, 6.07) is 22.5. The monoisotopic (exact) mass is 474 g/mol. The van der Waals surface area contributed by atoms with E-state index >= 15 is 0 Å². The molecule has 5 nitrogen and oxygen atoms in total. The summed E-state index contributed by atoms with van der Waals surface area (Å²) in [5, 5.41) is 12.4. The lowest BCUT2D eigenvalue weighted by Gasteiger charge is -2.12. The summed E-state index contributed by atoms with van der Waals surface area (Å²) >= 11 is 1.53. The van der Waals surface area contributed by atoms with Gasteiger partial charge in [-0.05, 0) is 49.1 Å². The van der Waals surface area contributed by atoms with Gasteiger partial charge in [-0.2, -0.15) is 0 Å². The predicted molar refractivity (Wildman–Crippen MR) is 135 cm³/mol. The van der Waals surface area contributed by atoms with Gasteiger partial charge in [-0.3, -0.25) is 9.36 Å². The van der Waals surface area contributed by atoms with E-state index in [1.165, 1.54) is 17.8 Å². The molecular weight excluding hydrogens is 447 g/mol. The third-order valence-corrected chi connectivity index (χ3v) is 6.59. The molecule has 0 bridgehead atoms. The van der Waals surface area contributed by atoms with E-state index in [1.54, 1.807) is 18.2 Å². The van der Waals surface area contributed by atoms with Crippen molar-refractivity contribution in [2.24, 2.45) is 0 Å². The summed E-state index contributed by atoms with van der Waals surface area (Å²) in [5.41, 5.74) is 4.49. The summed E-state index contributed by atoms with van der Waals surface area (Å²) in [5.74, 6) is 0.863. The number of nitrogens with one attached hydrogen (secondary N) is 1. The van der Waals surface area contributed by atoms with Crippen molar-refractivity contribution in [3.05, 3.63) is 95.3 Å². The van der Waals surface area contributed by atoms with Crippen LogP contribution in [-0.4, -0.2) is 26.4 Å². The molecule has 0 aliphatic rings. The SMILES string of the molecule is Cc1cccc(C)c1NC(=O)CCCSc1nnc(-c2ccccc2F)n1Cc1ccccc1. The minimum absolute atomic E-state index is 0.00389. The topological polar surface area (TPSA) is 59.8 Å². The Morgan fingerprint density at radius 3 is 2.38 bits per heavy atom. The van der Waals surface area contributed by atoms with Gasteiger partial charge in [0.15, 0.2) is 11.0 Å². The van der Waals surface area contributed by atoms with Gasteiger partial charge in [-0.25, -0.2) is 4.39 Å². The molecule has 34 heavy (non-hydrogen) atoms. The van der Waals surface area contributed by atoms with E-state index in [9.17, 15) is 9.18 Å². The van der Waals surface area contributed by atoms with Crippen molar-refractivity contribution < 1.29 is 9.18 Å². The average Bonchev–Trinajstić information content (AvgIpc) is 3.22. The lowest BCUT2D eigenvalue weighted by atomic mass is 10.1. The lowest BCUT2D eigenvalue weighted by Crippen LogP contribution is -2.13. The van der Waals surface area contributed by atoms with Gasteiger partial charge in [0, 0.05) is 17.9 Å². The van der Waals surface area contributed by atoms with Gasteiger partial charge in [-0.15, -0.1) is 10.2 Å². The van der Waals surface area contributed by atoms with Crippen LogP contribution in [0.4, 0.5) is 10.1 Å². The van der Waals surface area contributed by atoms with Crippen LogP contribution in [0.15, 0.2) is 78.0 Å². The van der Waals surface area contributed by atoms with Crippen LogP contribution in [0.5, 0.6) is 0 Å². The summed E-state index contributed by atoms with van der Waals surface area (Å²) < 4.78 is 16.4. The van der Waals surface area contributed by atoms with E-state index < -0.39 is 0 Å². The molecular formula is C27H27FN4OS. The number of carbonyl (C=O) groups is 1. The number of hydrogen-bond acceptors (Lipinski definition) is 4. The first-order valence-electron chi connectivity index (χ1n) is 11.2. The number of anilines is 1. The van der Waals surface area contributed by atoms with Crippen LogP contribution in [-0.2, 0) is 11.3 Å². The molecule has 0 spiro atoms. The molecule has 0 fully saturated rings. The van der Waals surface area contributed by atoms with Crippen LogP contribution >= 0.6 is 11.8 Å². The number of hydrogen-bond donors (Lipinski definition) is 1. The van der Waals surface area contributed by atoms with Gasteiger partial charge < -0.3 is 5.32 Å². The number of aromatic nitrogens is 3. The van der Waals surface area contributed by atoms with E-state index in [0.717, 1.165) is 22.4 Å². The fourth-order valence-corrected chi connectivity index (χ4v) is 4.63. The van der Waals surface area contributed by atoms with Gasteiger partial charge in [-0.1, -0.05) is 72.4 Å². The molecule has 0 aliphatic heterocycles. The maximum Gasteiger partial charge on any atom is 0.224 e. The average molecular weight is 475 g/mol. The van der Waals surface area contributed by atoms with Gasteiger partial charge >= 0.3 is 0 Å². The van der Waals surface area contributed by atoms with Crippen molar-refractivity contribution in [3.8, 4) is 11.4 Å². The van der Waals surface area contributed by atoms with E-state index in [2.05, 4.69) is 15.5 Å². The van der Waals surface area contributed by atoms with Crippen LogP contribution in [0.3, 0.4) is 0 Å². The second-order valence-corrected chi connectivity index (χ2v) is 9.19. The first-order valence-corrected chi connectivity index (χ1v) is 12.2. The number of para-hydroxylation sites is 1. The molecule has 4 rings (SSSR count). The first kappa shape index (κ1) is 23.7. The highest BCUT2D eigenvalue weighted by atomic mass is 32.2. The quantitative estimate of drug-likeness (QED) is 0.230. The molecule has 0 atom stereocenters. The molecule has 1 N–H and O–H groups in total. The maximum absolute atomic E-state index is 14.5. The molecule has 1 aromatic heterocycles. The fraction of sp³-hybridized carbons (Fsp3) is 0.222. The van der Waals surface area contributed by atoms with Gasteiger partial charge in [0.25, 0.3) is 0 Å². The number of amides is 1. The van der Waals surface area contributed by atoms with Crippen LogP contribution < -0.4 is 5.32 Å². The van der Waals surface area contributed by atoms with Gasteiger partial charge in [0.05, 0.1) is 12.1 Å². The van der Waals surface area contributed by atoms with Crippen LogP contribution in [0.25, 0.3) is 11.4 Å². The minimum atomic E-state index is -0.330. The zero-order valence-electron chi connectivity index (χ0n) is 19.3. The number of nitrogens with zero attached hydrogens (tertiary/aromatic N) is 3. The Bertz CT molecular complexity index is 1250. The Kier molecular flexibility index (Phi) is 7.75. The molecule has 174 valence electrons. The van der Waals surface area contributed by atoms with E-state index in [1.807, 2.05) is 66.9 Å². The second-order valence-electron chi connectivity index (χ2n) is 8.12. The van der Waals surface area contributed by atoms with Crippen molar-refractivity contribution in [3.63, 3.8) is 0 Å². The Hall–Kier alpha value is -3.45. The standard InChI is InChI=1S/C27H27FN4OS/c1-19-10-8-11-20(2)25(19)29-24(33)16-9-17-34-27-31-30-26(22-14-6-7-15-23(22)28)32(27)18-21-12-4-3-5-13-21/h3-8,10-15H,9,16-18H2,1-2H3,(H,29,33). The lowest BCUT2D eigenvalue weighted by molar-refractivity contribution is -0.116. The Labute approximate surface area is 203 Å². The molecule has 4 aromatic rings. The normalized spacial score (nSPS) is 10.9. The largest absolute Gasteiger partial charge is 0.326 e. The van der Waals surface area contributed by atoms with Crippen LogP contribution in [0.1, 0.15) is 29.5 Å². The number of halogens is 1. The molecule has 0 aliphatic carbocycles. The number of carbonyl (C=O) groups excluding carboxylic acids is 1. The minimum Gasteiger partial charge on any atom is -0.326 e. The van der Waals surface area contributed by atoms with E-state index in [-0.39, 0.29) is 11.7 Å². The van der Waals surface area contributed by atoms with E-state index in [0.29, 0.717) is 41.7 Å². The van der Waals surface area contributed by atoms with Gasteiger partial charge in [0.2, 0.25) is 5.91 Å². The first-order chi connectivity index (χ1) is 16.5. The zero-order valence-corrected chi connectivity index (χ0v) is 20.1. The highest BCUT2D eigenvalue weighted by molar-refractivity contribution is 7.99. The number of rotatable bonds is 9. The van der Waals surface area contributed by atoms with Crippen molar-refractivity contribution >= 4 is 23.4 Å². The zero-order chi connectivity index (χ0) is 23.9. The van der Waals surface area contributed by atoms with Crippen LogP contribution in [0.2, 0.25) is 0 Å². The van der Waals surface area contributed by atoms with Crippen molar-refractivity contribution in [1.82, 2.24) is 14.8 Å². The summed E-state index contributed by atoms with van der Waals surface area (Å²) in [4.78, 5) is 12.5. The summed E-state index contributed by atoms with van der Waals surface area (Å²) in [6.45, 7) is 4.52. The third-order valence-electron chi connectivity index (χ3n) is 5.54. The van der Waals surface area contributed by atoms with Crippen molar-refractivity contribution in [2.45, 2.75) is 38.4 Å². The third kappa shape index (κ3) is 5.72. The molecule has 0 saturated heterocycles. The summed E-state index contributed by atoms with van der Waals surface area (Å²) in [6.07, 6.45) is 1.10. The van der Waals surface area contributed by atoms with Gasteiger partial charge in [0.1, 0.15) is 5.82 Å². The smallest absolute Gasteiger partial charge is 0.224 e. The summed E-state index contributed by atoms with van der Waals surface area (Å²) in [7, 11) is 0. The van der Waals surface area contributed by atoms with E-state index in [4.69, 9.17) is 0 Å². The Morgan fingerprint density at radius 1 is 0.941 bits per heavy atom. The van der Waals surface area contributed by atoms with Crippen molar-refractivity contribution in [1.29, 1.82) is 0 Å². The molecule has 7 heteroatoms. The predicted octanol–water partition coefficient (Wildman–Crippen LogP) is 6.26. The molecule has 0 saturated carbocycles. The highest BCUT2D eigenvalue weighted by Crippen LogP contribution is 2.27. The highest BCUT2D eigenvalue weighted by Gasteiger charge is 2.17. The molecule has 0 unspecified atom stereocenters. The Balaban J connectivity index is 1.43.